The second-order valence-corrected chi connectivity index (χ2v) is 21.9. The van der Waals surface area contributed by atoms with Gasteiger partial charge in [-0.1, -0.05) is 61.5 Å². The number of rotatable bonds is 11. The Bertz CT molecular complexity index is 3440. The lowest BCUT2D eigenvalue weighted by molar-refractivity contribution is -0.247. The lowest BCUT2D eigenvalue weighted by atomic mass is 9.72. The molecule has 4 aromatic carbocycles. The van der Waals surface area contributed by atoms with Gasteiger partial charge in [-0.2, -0.15) is 0 Å². The van der Waals surface area contributed by atoms with Crippen LogP contribution in [0, 0.1) is 0 Å². The van der Waals surface area contributed by atoms with Crippen molar-refractivity contribution in [2.75, 3.05) is 57.2 Å². The fourth-order valence-electron chi connectivity index (χ4n) is 10.2. The normalized spacial score (nSPS) is 22.2. The molecule has 0 bridgehead atoms. The first-order valence-corrected chi connectivity index (χ1v) is 26.4. The third kappa shape index (κ3) is 10.6. The van der Waals surface area contributed by atoms with Crippen molar-refractivity contribution < 1.29 is 67.8 Å². The van der Waals surface area contributed by atoms with Crippen LogP contribution in [-0.4, -0.2) is 140 Å². The molecule has 6 atom stereocenters. The van der Waals surface area contributed by atoms with Crippen LogP contribution in [0.4, 0.5) is 16.3 Å². The van der Waals surface area contributed by atoms with Gasteiger partial charge in [-0.25, -0.2) is 9.78 Å². The molecular weight excluding hydrogens is 1030 g/mol. The highest BCUT2D eigenvalue weighted by Crippen LogP contribution is 2.52. The number of imidazole rings is 1. The quantitative estimate of drug-likeness (QED) is 0.0649. The van der Waals surface area contributed by atoms with E-state index in [0.717, 1.165) is 65.0 Å². The number of thiazole rings is 1. The average molecular weight is 1090 g/mol. The van der Waals surface area contributed by atoms with E-state index < -0.39 is 82.6 Å². The highest BCUT2D eigenvalue weighted by Gasteiger charge is 2.49. The number of aromatic nitrogens is 3. The van der Waals surface area contributed by atoms with Crippen LogP contribution in [0.3, 0.4) is 0 Å². The van der Waals surface area contributed by atoms with Crippen LogP contribution in [0.15, 0.2) is 77.4 Å². The van der Waals surface area contributed by atoms with Gasteiger partial charge in [0.1, 0.15) is 41.0 Å². The molecule has 78 heavy (non-hydrogen) atoms. The van der Waals surface area contributed by atoms with E-state index in [1.165, 1.54) is 32.2 Å². The summed E-state index contributed by atoms with van der Waals surface area (Å²) in [5, 5.41) is 53.6. The molecule has 2 aliphatic heterocycles. The number of benzene rings is 4. The fraction of sp³-hybridized carbons (Fsp3) is 0.393. The molecule has 0 radical (unpaired) electrons. The lowest BCUT2D eigenvalue weighted by Gasteiger charge is -2.42. The number of phenols is 2. The van der Waals surface area contributed by atoms with Crippen molar-refractivity contribution in [2.24, 2.45) is 5.73 Å². The molecule has 2 saturated heterocycles. The topological polar surface area (TPSA) is 292 Å². The number of anilines is 2. The first-order chi connectivity index (χ1) is 37.2. The van der Waals surface area contributed by atoms with Gasteiger partial charge >= 0.3 is 6.03 Å². The summed E-state index contributed by atoms with van der Waals surface area (Å²) in [5.41, 5.74) is 6.37. The maximum atomic E-state index is 13.6. The Labute approximate surface area is 451 Å². The minimum Gasteiger partial charge on any atom is -0.507 e. The number of hydrogen-bond acceptors (Lipinski definition) is 19. The third-order valence-electron chi connectivity index (χ3n) is 14.6. The van der Waals surface area contributed by atoms with Gasteiger partial charge in [0.2, 0.25) is 5.78 Å². The molecule has 4 aliphatic rings. The number of carbonyl (C=O) groups is 4. The SMILES string of the molecule is CC(C)(C)c1cc(NC(=O)Nc2ccc(-c3cn4c(n3)sc3cc(OCCN5CCOCC5)ccc34)cc2)no1.COc1cccc2c1C(=O)c1c(O)c3c(c(O)c1C2=O)C[C@@](O)(C(C)=O)C[C@@H]3O[C@H]1C[C@H](N)[C@H](O)[C@H](C)O1. The number of aliphatic hydroxyl groups is 2. The van der Waals surface area contributed by atoms with Crippen molar-refractivity contribution in [3.8, 4) is 34.3 Å². The Morgan fingerprint density at radius 3 is 2.41 bits per heavy atom. The van der Waals surface area contributed by atoms with E-state index in [0.29, 0.717) is 23.9 Å². The number of nitrogens with two attached hydrogens (primary N) is 1. The zero-order valence-corrected chi connectivity index (χ0v) is 44.6. The van der Waals surface area contributed by atoms with Crippen molar-refractivity contribution in [2.45, 2.75) is 95.5 Å². The van der Waals surface area contributed by atoms with E-state index >= 15 is 0 Å². The number of amides is 2. The second-order valence-electron chi connectivity index (χ2n) is 20.9. The first-order valence-electron chi connectivity index (χ1n) is 25.6. The lowest BCUT2D eigenvalue weighted by Crippen LogP contribution is -2.52. The molecule has 11 rings (SSSR count). The van der Waals surface area contributed by atoms with Crippen LogP contribution >= 0.6 is 11.3 Å². The summed E-state index contributed by atoms with van der Waals surface area (Å²) in [6, 6.07) is 18.9. The van der Waals surface area contributed by atoms with Gasteiger partial charge in [-0.05, 0) is 50.2 Å². The van der Waals surface area contributed by atoms with Crippen LogP contribution in [0.25, 0.3) is 26.4 Å². The predicted octanol–water partition coefficient (Wildman–Crippen LogP) is 6.89. The van der Waals surface area contributed by atoms with Crippen LogP contribution in [0.5, 0.6) is 23.0 Å². The van der Waals surface area contributed by atoms with Crippen molar-refractivity contribution in [1.29, 1.82) is 0 Å². The Morgan fingerprint density at radius 2 is 1.72 bits per heavy atom. The third-order valence-corrected chi connectivity index (χ3v) is 15.6. The number of ketones is 3. The Morgan fingerprint density at radius 1 is 0.974 bits per heavy atom. The van der Waals surface area contributed by atoms with E-state index in [1.54, 1.807) is 24.3 Å². The Hall–Kier alpha value is -7.28. The fourth-order valence-corrected chi connectivity index (χ4v) is 11.2. The molecule has 3 aromatic heterocycles. The summed E-state index contributed by atoms with van der Waals surface area (Å²) in [6.07, 6.45) is -2.49. The number of morpholine rings is 1. The molecule has 21 nitrogen and oxygen atoms in total. The summed E-state index contributed by atoms with van der Waals surface area (Å²) < 4.78 is 37.0. The number of aliphatic hydroxyl groups excluding tert-OH is 1. The Balaban J connectivity index is 0.000000177. The molecule has 410 valence electrons. The average Bonchev–Trinajstić information content (AvgIpc) is 3.95. The zero-order valence-electron chi connectivity index (χ0n) is 43.8. The molecule has 0 unspecified atom stereocenters. The van der Waals surface area contributed by atoms with E-state index in [4.69, 9.17) is 38.9 Å². The van der Waals surface area contributed by atoms with Gasteiger partial charge in [-0.15, -0.1) is 0 Å². The van der Waals surface area contributed by atoms with Crippen molar-refractivity contribution in [3.05, 3.63) is 112 Å². The number of aromatic hydroxyl groups is 2. The molecule has 2 aliphatic carbocycles. The Kier molecular flexibility index (Phi) is 14.9. The molecular formula is C56H61N7O14S. The smallest absolute Gasteiger partial charge is 0.324 e. The number of Topliss-reactive ketones (excluding diaryl/α,β-unsaturated/α-hetero) is 1. The summed E-state index contributed by atoms with van der Waals surface area (Å²) in [4.78, 5) is 60.1. The van der Waals surface area contributed by atoms with Crippen LogP contribution in [-0.2, 0) is 30.8 Å². The zero-order chi connectivity index (χ0) is 55.4. The summed E-state index contributed by atoms with van der Waals surface area (Å²) in [6.45, 7) is 13.9. The number of nitrogens with one attached hydrogen (secondary N) is 2. The minimum absolute atomic E-state index is 0.0147. The number of phenolic OH excluding ortho intramolecular Hbond substituents is 2. The van der Waals surface area contributed by atoms with E-state index in [2.05, 4.69) is 37.2 Å². The molecule has 8 N–H and O–H groups in total. The van der Waals surface area contributed by atoms with Crippen LogP contribution in [0.1, 0.15) is 102 Å². The number of nitrogens with zero attached hydrogens (tertiary/aromatic N) is 4. The van der Waals surface area contributed by atoms with Crippen LogP contribution in [0.2, 0.25) is 0 Å². The maximum absolute atomic E-state index is 13.6. The van der Waals surface area contributed by atoms with E-state index in [9.17, 15) is 39.6 Å². The van der Waals surface area contributed by atoms with Gasteiger partial charge in [0.25, 0.3) is 0 Å². The number of ether oxygens (including phenoxy) is 5. The summed E-state index contributed by atoms with van der Waals surface area (Å²) in [7, 11) is 1.34. The minimum atomic E-state index is -2.00. The number of methoxy groups -OCH3 is 1. The van der Waals surface area contributed by atoms with Gasteiger partial charge in [0.15, 0.2) is 28.6 Å². The van der Waals surface area contributed by atoms with Crippen molar-refractivity contribution in [1.82, 2.24) is 19.4 Å². The molecule has 0 spiro atoms. The number of urea groups is 1. The summed E-state index contributed by atoms with van der Waals surface area (Å²) >= 11 is 1.63. The molecule has 7 aromatic rings. The molecule has 2 amide bonds. The largest absolute Gasteiger partial charge is 0.507 e. The highest BCUT2D eigenvalue weighted by atomic mass is 32.1. The van der Waals surface area contributed by atoms with Gasteiger partial charge in [0.05, 0.1) is 71.2 Å². The predicted molar refractivity (Wildman–Crippen MR) is 287 cm³/mol. The molecule has 22 heteroatoms. The monoisotopic (exact) mass is 1090 g/mol. The van der Waals surface area contributed by atoms with Crippen LogP contribution < -0.4 is 25.8 Å². The number of hydrogen-bond donors (Lipinski definition) is 7. The number of fused-ring (bicyclic) bond motifs is 6. The second kappa shape index (κ2) is 21.5. The number of carbonyl (C=O) groups excluding carboxylic acids is 4. The van der Waals surface area contributed by atoms with Gasteiger partial charge in [0, 0.05) is 90.6 Å². The summed E-state index contributed by atoms with van der Waals surface area (Å²) in [5.74, 6) is -1.23. The van der Waals surface area contributed by atoms with Crippen molar-refractivity contribution >= 4 is 61.4 Å². The molecule has 0 saturated carbocycles. The van der Waals surface area contributed by atoms with Gasteiger partial charge in [-0.3, -0.25) is 29.0 Å². The van der Waals surface area contributed by atoms with Crippen molar-refractivity contribution in [3.63, 3.8) is 0 Å². The van der Waals surface area contributed by atoms with E-state index in [1.807, 2.05) is 57.3 Å². The molecule has 2 fully saturated rings. The standard InChI is InChI=1S/C29H32N6O4S.C27H29NO10/c1-29(2,3)25-17-26(33-39-25)32-27(36)30-20-6-4-19(5-7-20)22-18-35-23-9-8-21(16-24(23)40-28(35)31-22)38-15-12-34-10-13-37-14-11-34;1-10-22(30)14(28)7-17(37-10)38-16-9-27(35,11(2)29)8-13-19(16)26(34)21-20(24(13)32)23(31)12-5-4-6-15(36-3)18(12)25(21)33/h4-9,16-18H,10-15H2,1-3H3,(H2,30,32,33,36);4-6,10,14,16-17,22,30,32,34-35H,7-9,28H2,1-3H3/t;10-,14-,16-,17-,22+,27-/m.0/s1. The van der Waals surface area contributed by atoms with E-state index in [-0.39, 0.29) is 52.3 Å². The molecule has 5 heterocycles. The highest BCUT2D eigenvalue weighted by molar-refractivity contribution is 7.23. The maximum Gasteiger partial charge on any atom is 0.324 e. The van der Waals surface area contributed by atoms with Gasteiger partial charge < -0.3 is 59.7 Å². The first kappa shape index (κ1) is 54.1.